The van der Waals surface area contributed by atoms with Crippen molar-refractivity contribution in [3.8, 4) is 0 Å². The van der Waals surface area contributed by atoms with Gasteiger partial charge in [0.15, 0.2) is 0 Å². The first-order chi connectivity index (χ1) is 18.7. The number of hydrogen-bond acceptors (Lipinski definition) is 4. The van der Waals surface area contributed by atoms with Gasteiger partial charge in [0.1, 0.15) is 13.2 Å². The van der Waals surface area contributed by atoms with Crippen LogP contribution in [0.1, 0.15) is 30.9 Å². The summed E-state index contributed by atoms with van der Waals surface area (Å²) in [7, 11) is -3.32. The lowest BCUT2D eigenvalue weighted by atomic mass is 9.93. The maximum Gasteiger partial charge on any atom is 0.322 e. The monoisotopic (exact) mass is 548 g/mol. The number of aryl methyl sites for hydroxylation is 1. The topological polar surface area (TPSA) is 93.0 Å². The molecule has 2 atom stereocenters. The second kappa shape index (κ2) is 12.6. The van der Waals surface area contributed by atoms with Crippen LogP contribution in [0.5, 0.6) is 0 Å². The molecule has 1 fully saturated rings. The van der Waals surface area contributed by atoms with Gasteiger partial charge in [-0.1, -0.05) is 54.6 Å². The van der Waals surface area contributed by atoms with E-state index in [0.717, 1.165) is 35.2 Å². The molecule has 1 aliphatic rings. The zero-order valence-electron chi connectivity index (χ0n) is 21.9. The number of aliphatic hydroxyl groups is 1. The van der Waals surface area contributed by atoms with Gasteiger partial charge in [0.25, 0.3) is 0 Å². The predicted octanol–water partition coefficient (Wildman–Crippen LogP) is 5.03. The molecule has 2 amide bonds. The minimum atomic E-state index is -3.32. The Morgan fingerprint density at radius 2 is 1.69 bits per heavy atom. The summed E-state index contributed by atoms with van der Waals surface area (Å²) in [4.78, 5) is 34.5. The molecule has 1 saturated heterocycles. The van der Waals surface area contributed by atoms with Crippen LogP contribution in [-0.4, -0.2) is 45.9 Å². The molecule has 3 aromatic carbocycles. The molecule has 0 aliphatic carbocycles. The number of para-hydroxylation sites is 1. The van der Waals surface area contributed by atoms with Gasteiger partial charge in [0, 0.05) is 11.0 Å². The van der Waals surface area contributed by atoms with Crippen molar-refractivity contribution in [2.45, 2.75) is 38.3 Å². The van der Waals surface area contributed by atoms with Crippen molar-refractivity contribution in [2.75, 3.05) is 11.5 Å². The zero-order valence-corrected chi connectivity index (χ0v) is 22.8. The standard InChI is InChI=1S/C31H34FN2O4P/c1-22(24-15-19-28(20-16-24)39(2,37)38)11-14-25(21-35)30-29(10-6-7-23-12-17-26(32)18-13-23)33-31(36)34(30)27-8-4-3-5-9-27/h3-5,8-9,11-20,29-30,35,37-38H,2,6-7,10,21H2,1H3,(H,33,36)/b22-11+,25-14+. The quantitative estimate of drug-likeness (QED) is 0.211. The third-order valence-electron chi connectivity index (χ3n) is 6.96. The molecule has 4 rings (SSSR count). The number of carbonyl (C=O) groups is 1. The summed E-state index contributed by atoms with van der Waals surface area (Å²) in [5.41, 5.74) is 4.25. The number of hydrogen-bond donors (Lipinski definition) is 4. The van der Waals surface area contributed by atoms with E-state index >= 15 is 0 Å². The van der Waals surface area contributed by atoms with Crippen LogP contribution < -0.4 is 15.5 Å². The number of nitrogens with one attached hydrogen (secondary N) is 1. The summed E-state index contributed by atoms with van der Waals surface area (Å²) < 4.78 is 13.3. The van der Waals surface area contributed by atoms with E-state index < -0.39 is 13.4 Å². The summed E-state index contributed by atoms with van der Waals surface area (Å²) in [6.45, 7) is 1.70. The fraction of sp³-hybridized carbons (Fsp3) is 0.226. The Morgan fingerprint density at radius 3 is 2.31 bits per heavy atom. The van der Waals surface area contributed by atoms with Crippen LogP contribution in [0.15, 0.2) is 96.6 Å². The first-order valence-corrected chi connectivity index (χ1v) is 14.7. The number of aliphatic hydroxyl groups excluding tert-OH is 1. The molecule has 0 bridgehead atoms. The summed E-state index contributed by atoms with van der Waals surface area (Å²) in [6, 6.07) is 21.9. The molecule has 0 saturated carbocycles. The van der Waals surface area contributed by atoms with Crippen molar-refractivity contribution in [1.82, 2.24) is 5.32 Å². The third kappa shape index (κ3) is 7.14. The predicted molar refractivity (Wildman–Crippen MR) is 158 cm³/mol. The van der Waals surface area contributed by atoms with Crippen molar-refractivity contribution in [3.63, 3.8) is 0 Å². The smallest absolute Gasteiger partial charge is 0.322 e. The Kier molecular flexibility index (Phi) is 9.20. The van der Waals surface area contributed by atoms with Crippen LogP contribution in [0.2, 0.25) is 0 Å². The lowest BCUT2D eigenvalue weighted by Crippen LogP contribution is -2.39. The number of benzene rings is 3. The van der Waals surface area contributed by atoms with Crippen LogP contribution in [0.25, 0.3) is 5.57 Å². The maximum absolute atomic E-state index is 13.3. The molecular weight excluding hydrogens is 514 g/mol. The van der Waals surface area contributed by atoms with Crippen molar-refractivity contribution in [3.05, 3.63) is 114 Å². The maximum atomic E-state index is 13.3. The molecule has 0 aromatic heterocycles. The molecular formula is C31H34FN2O4P. The van der Waals surface area contributed by atoms with Gasteiger partial charge in [-0.2, -0.15) is 0 Å². The molecule has 1 heterocycles. The van der Waals surface area contributed by atoms with Gasteiger partial charge in [0.05, 0.1) is 18.7 Å². The van der Waals surface area contributed by atoms with Crippen LogP contribution in [-0.2, 0) is 6.42 Å². The summed E-state index contributed by atoms with van der Waals surface area (Å²) in [5, 5.41) is 13.9. The number of nitrogens with zero attached hydrogens (tertiary/aromatic N) is 1. The number of allylic oxidation sites excluding steroid dienone is 3. The molecule has 2 unspecified atom stereocenters. The fourth-order valence-corrected chi connectivity index (χ4v) is 5.47. The first-order valence-electron chi connectivity index (χ1n) is 12.8. The van der Waals surface area contributed by atoms with Crippen molar-refractivity contribution in [1.29, 1.82) is 0 Å². The Hall–Kier alpha value is -3.48. The Balaban J connectivity index is 1.59. The van der Waals surface area contributed by atoms with Gasteiger partial charge in [-0.15, -0.1) is 0 Å². The lowest BCUT2D eigenvalue weighted by molar-refractivity contribution is 0.250. The van der Waals surface area contributed by atoms with Crippen molar-refractivity contribution >= 4 is 36.2 Å². The van der Waals surface area contributed by atoms with Gasteiger partial charge in [-0.05, 0) is 91.2 Å². The lowest BCUT2D eigenvalue weighted by Gasteiger charge is -2.28. The average molecular weight is 549 g/mol. The van der Waals surface area contributed by atoms with E-state index in [2.05, 4.69) is 11.6 Å². The molecule has 3 aromatic rings. The molecule has 1 aliphatic heterocycles. The Labute approximate surface area is 228 Å². The average Bonchev–Trinajstić information content (AvgIpc) is 3.25. The number of rotatable bonds is 10. The number of amides is 2. The minimum absolute atomic E-state index is 0.221. The van der Waals surface area contributed by atoms with Gasteiger partial charge >= 0.3 is 6.03 Å². The van der Waals surface area contributed by atoms with Gasteiger partial charge in [0.2, 0.25) is 0 Å². The normalized spacial score (nSPS) is 18.4. The van der Waals surface area contributed by atoms with E-state index in [9.17, 15) is 24.1 Å². The van der Waals surface area contributed by atoms with E-state index in [4.69, 9.17) is 0 Å². The summed E-state index contributed by atoms with van der Waals surface area (Å²) >= 11 is 0. The van der Waals surface area contributed by atoms with E-state index in [0.29, 0.717) is 17.3 Å². The molecule has 8 heteroatoms. The van der Waals surface area contributed by atoms with Crippen LogP contribution >= 0.6 is 7.34 Å². The van der Waals surface area contributed by atoms with E-state index in [1.54, 1.807) is 41.3 Å². The number of urea groups is 1. The van der Waals surface area contributed by atoms with Gasteiger partial charge in [-0.3, -0.25) is 4.90 Å². The first kappa shape index (κ1) is 28.5. The highest BCUT2D eigenvalue weighted by molar-refractivity contribution is 7.70. The number of carbonyl (C=O) groups excluding carboxylic acids is 1. The Bertz CT molecular complexity index is 1380. The highest BCUT2D eigenvalue weighted by atomic mass is 31.2. The largest absolute Gasteiger partial charge is 0.392 e. The third-order valence-corrected chi connectivity index (χ3v) is 8.09. The van der Waals surface area contributed by atoms with Crippen LogP contribution in [0, 0.1) is 5.82 Å². The molecule has 0 spiro atoms. The zero-order chi connectivity index (χ0) is 28.0. The SMILES string of the molecule is C=P(O)(O)c1ccc(/C(C)=C/C=C(\CO)C2C(CCCc3ccc(F)cc3)NC(=O)N2c2ccccc2)cc1. The minimum Gasteiger partial charge on any atom is -0.392 e. The fourth-order valence-electron chi connectivity index (χ4n) is 4.85. The molecule has 39 heavy (non-hydrogen) atoms. The van der Waals surface area contributed by atoms with Gasteiger partial charge in [-0.25, -0.2) is 9.18 Å². The van der Waals surface area contributed by atoms with Crippen molar-refractivity contribution < 1.29 is 24.1 Å². The van der Waals surface area contributed by atoms with E-state index in [1.165, 1.54) is 12.1 Å². The van der Waals surface area contributed by atoms with E-state index in [-0.39, 0.29) is 24.5 Å². The molecule has 0 radical (unpaired) electrons. The number of anilines is 1. The second-order valence-electron chi connectivity index (χ2n) is 9.75. The van der Waals surface area contributed by atoms with Crippen LogP contribution in [0.3, 0.4) is 0 Å². The highest BCUT2D eigenvalue weighted by Gasteiger charge is 2.41. The summed E-state index contributed by atoms with van der Waals surface area (Å²) in [6.07, 6.45) is 9.39. The molecule has 6 nitrogen and oxygen atoms in total. The summed E-state index contributed by atoms with van der Waals surface area (Å²) in [5.74, 6) is -0.267. The van der Waals surface area contributed by atoms with Gasteiger partial charge < -0.3 is 20.2 Å². The molecule has 204 valence electrons. The molecule has 4 N–H and O–H groups in total. The van der Waals surface area contributed by atoms with E-state index in [1.807, 2.05) is 49.4 Å². The second-order valence-corrected chi connectivity index (χ2v) is 11.7. The number of halogens is 1. The van der Waals surface area contributed by atoms with Crippen LogP contribution in [0.4, 0.5) is 14.9 Å². The Morgan fingerprint density at radius 1 is 1.03 bits per heavy atom. The van der Waals surface area contributed by atoms with Crippen molar-refractivity contribution in [2.24, 2.45) is 0 Å². The highest BCUT2D eigenvalue weighted by Crippen LogP contribution is 2.33.